The molecule has 0 radical (unpaired) electrons. The van der Waals surface area contributed by atoms with E-state index in [1.54, 1.807) is 0 Å². The van der Waals surface area contributed by atoms with Crippen LogP contribution in [-0.2, 0) is 14.9 Å². The third kappa shape index (κ3) is 3.58. The Balaban J connectivity index is 1.95. The normalized spacial score (nSPS) is 19.6. The van der Waals surface area contributed by atoms with E-state index in [2.05, 4.69) is 43.5 Å². The minimum Gasteiger partial charge on any atom is -0.378 e. The van der Waals surface area contributed by atoms with Crippen molar-refractivity contribution < 1.29 is 9.53 Å². The van der Waals surface area contributed by atoms with Gasteiger partial charge in [0.25, 0.3) is 0 Å². The molecule has 20 heavy (non-hydrogen) atoms. The Labute approximate surface area is 120 Å². The number of rotatable bonds is 4. The summed E-state index contributed by atoms with van der Waals surface area (Å²) in [5.41, 5.74) is 2.44. The molecule has 1 fully saturated rings. The standard InChI is InChI=1S/C16H24N2O2/c1-12-6-4-5-7-13(12)16(2,3)11-18-15(19)14-10-20-9-8-17-14/h4-7,14,17H,8-11H2,1-3H3,(H,18,19). The van der Waals surface area contributed by atoms with Crippen molar-refractivity contribution in [1.82, 2.24) is 10.6 Å². The Morgan fingerprint density at radius 1 is 1.45 bits per heavy atom. The lowest BCUT2D eigenvalue weighted by molar-refractivity contribution is -0.126. The number of nitrogens with one attached hydrogen (secondary N) is 2. The third-order valence-electron chi connectivity index (χ3n) is 3.82. The lowest BCUT2D eigenvalue weighted by Gasteiger charge is -2.29. The summed E-state index contributed by atoms with van der Waals surface area (Å²) in [4.78, 5) is 12.1. The van der Waals surface area contributed by atoms with Crippen LogP contribution < -0.4 is 10.6 Å². The predicted molar refractivity (Wildman–Crippen MR) is 79.8 cm³/mol. The average Bonchev–Trinajstić information content (AvgIpc) is 2.46. The molecule has 1 aliphatic heterocycles. The van der Waals surface area contributed by atoms with Crippen LogP contribution in [0.15, 0.2) is 24.3 Å². The van der Waals surface area contributed by atoms with Crippen LogP contribution in [0.25, 0.3) is 0 Å². The van der Waals surface area contributed by atoms with Gasteiger partial charge in [-0.05, 0) is 18.1 Å². The van der Waals surface area contributed by atoms with Crippen molar-refractivity contribution >= 4 is 5.91 Å². The van der Waals surface area contributed by atoms with Gasteiger partial charge in [0.2, 0.25) is 5.91 Å². The molecule has 2 rings (SSSR count). The van der Waals surface area contributed by atoms with E-state index in [1.807, 2.05) is 12.1 Å². The SMILES string of the molecule is Cc1ccccc1C(C)(C)CNC(=O)C1COCCN1. The first kappa shape index (κ1) is 15.0. The first-order valence-corrected chi connectivity index (χ1v) is 7.16. The number of ether oxygens (including phenoxy) is 1. The maximum Gasteiger partial charge on any atom is 0.239 e. The lowest BCUT2D eigenvalue weighted by atomic mass is 9.82. The molecule has 1 aromatic carbocycles. The highest BCUT2D eigenvalue weighted by atomic mass is 16.5. The van der Waals surface area contributed by atoms with Crippen LogP contribution in [0.2, 0.25) is 0 Å². The quantitative estimate of drug-likeness (QED) is 0.873. The summed E-state index contributed by atoms with van der Waals surface area (Å²) in [6.07, 6.45) is 0. The molecule has 1 amide bonds. The monoisotopic (exact) mass is 276 g/mol. The van der Waals surface area contributed by atoms with Crippen molar-refractivity contribution in [2.24, 2.45) is 0 Å². The summed E-state index contributed by atoms with van der Waals surface area (Å²) in [6.45, 7) is 8.90. The van der Waals surface area contributed by atoms with Gasteiger partial charge in [0.1, 0.15) is 6.04 Å². The Morgan fingerprint density at radius 2 is 2.20 bits per heavy atom. The summed E-state index contributed by atoms with van der Waals surface area (Å²) >= 11 is 0. The van der Waals surface area contributed by atoms with Crippen LogP contribution in [0.1, 0.15) is 25.0 Å². The maximum absolute atomic E-state index is 12.1. The van der Waals surface area contributed by atoms with Crippen molar-refractivity contribution in [3.8, 4) is 0 Å². The molecule has 2 N–H and O–H groups in total. The van der Waals surface area contributed by atoms with Gasteiger partial charge < -0.3 is 15.4 Å². The molecule has 4 nitrogen and oxygen atoms in total. The fourth-order valence-electron chi connectivity index (χ4n) is 2.59. The molecule has 1 unspecified atom stereocenters. The second kappa shape index (κ2) is 6.37. The molecular formula is C16H24N2O2. The number of carbonyl (C=O) groups excluding carboxylic acids is 1. The summed E-state index contributed by atoms with van der Waals surface area (Å²) < 4.78 is 5.32. The van der Waals surface area contributed by atoms with Gasteiger partial charge in [-0.25, -0.2) is 0 Å². The predicted octanol–water partition coefficient (Wildman–Crippen LogP) is 1.38. The molecule has 0 aromatic heterocycles. The van der Waals surface area contributed by atoms with E-state index >= 15 is 0 Å². The van der Waals surface area contributed by atoms with Gasteiger partial charge in [0.05, 0.1) is 13.2 Å². The minimum atomic E-state index is -0.226. The zero-order valence-corrected chi connectivity index (χ0v) is 12.5. The van der Waals surface area contributed by atoms with E-state index in [9.17, 15) is 4.79 Å². The second-order valence-corrected chi connectivity index (χ2v) is 6.00. The van der Waals surface area contributed by atoms with Gasteiger partial charge >= 0.3 is 0 Å². The lowest BCUT2D eigenvalue weighted by Crippen LogP contribution is -2.52. The molecule has 1 aromatic rings. The molecule has 4 heteroatoms. The largest absolute Gasteiger partial charge is 0.378 e. The zero-order chi connectivity index (χ0) is 14.6. The summed E-state index contributed by atoms with van der Waals surface area (Å²) in [5, 5.41) is 6.21. The molecule has 0 aliphatic carbocycles. The van der Waals surface area contributed by atoms with Gasteiger partial charge in [-0.3, -0.25) is 4.79 Å². The number of amides is 1. The van der Waals surface area contributed by atoms with E-state index in [0.717, 1.165) is 6.54 Å². The minimum absolute atomic E-state index is 0.0198. The smallest absolute Gasteiger partial charge is 0.239 e. The fourth-order valence-corrected chi connectivity index (χ4v) is 2.59. The summed E-state index contributed by atoms with van der Waals surface area (Å²) in [5.74, 6) is 0.0198. The van der Waals surface area contributed by atoms with Crippen molar-refractivity contribution in [3.05, 3.63) is 35.4 Å². The van der Waals surface area contributed by atoms with Crippen molar-refractivity contribution in [2.75, 3.05) is 26.3 Å². The van der Waals surface area contributed by atoms with E-state index in [4.69, 9.17) is 4.74 Å². The van der Waals surface area contributed by atoms with Gasteiger partial charge in [-0.2, -0.15) is 0 Å². The Kier molecular flexibility index (Phi) is 4.78. The van der Waals surface area contributed by atoms with Crippen molar-refractivity contribution in [3.63, 3.8) is 0 Å². The van der Waals surface area contributed by atoms with E-state index in [-0.39, 0.29) is 17.4 Å². The number of carbonyl (C=O) groups is 1. The van der Waals surface area contributed by atoms with E-state index in [0.29, 0.717) is 19.8 Å². The number of aryl methyl sites for hydroxylation is 1. The van der Waals surface area contributed by atoms with E-state index < -0.39 is 0 Å². The van der Waals surface area contributed by atoms with Crippen LogP contribution in [0.4, 0.5) is 0 Å². The number of hydrogen-bond acceptors (Lipinski definition) is 3. The van der Waals surface area contributed by atoms with Crippen molar-refractivity contribution in [2.45, 2.75) is 32.2 Å². The Morgan fingerprint density at radius 3 is 2.85 bits per heavy atom. The maximum atomic E-state index is 12.1. The molecule has 1 aliphatic rings. The van der Waals surface area contributed by atoms with E-state index in [1.165, 1.54) is 11.1 Å². The number of hydrogen-bond donors (Lipinski definition) is 2. The third-order valence-corrected chi connectivity index (χ3v) is 3.82. The molecule has 1 saturated heterocycles. The van der Waals surface area contributed by atoms with Crippen LogP contribution in [-0.4, -0.2) is 38.3 Å². The highest BCUT2D eigenvalue weighted by Gasteiger charge is 2.26. The first-order chi connectivity index (χ1) is 9.50. The number of morpholine rings is 1. The fraction of sp³-hybridized carbons (Fsp3) is 0.562. The average molecular weight is 276 g/mol. The molecule has 0 bridgehead atoms. The van der Waals surface area contributed by atoms with Crippen molar-refractivity contribution in [1.29, 1.82) is 0 Å². The van der Waals surface area contributed by atoms with Gasteiger partial charge in [-0.15, -0.1) is 0 Å². The molecule has 1 heterocycles. The van der Waals surface area contributed by atoms with Gasteiger partial charge in [0.15, 0.2) is 0 Å². The second-order valence-electron chi connectivity index (χ2n) is 6.00. The molecular weight excluding hydrogens is 252 g/mol. The van der Waals surface area contributed by atoms with Crippen LogP contribution >= 0.6 is 0 Å². The highest BCUT2D eigenvalue weighted by Crippen LogP contribution is 2.25. The first-order valence-electron chi connectivity index (χ1n) is 7.16. The van der Waals surface area contributed by atoms with Crippen LogP contribution in [0.5, 0.6) is 0 Å². The zero-order valence-electron chi connectivity index (χ0n) is 12.5. The summed E-state index contributed by atoms with van der Waals surface area (Å²) in [6, 6.07) is 8.09. The molecule has 1 atom stereocenters. The molecule has 110 valence electrons. The topological polar surface area (TPSA) is 50.4 Å². The molecule has 0 saturated carbocycles. The van der Waals surface area contributed by atoms with Crippen LogP contribution in [0.3, 0.4) is 0 Å². The van der Waals surface area contributed by atoms with Gasteiger partial charge in [0, 0.05) is 18.5 Å². The number of benzene rings is 1. The molecule has 0 spiro atoms. The Hall–Kier alpha value is -1.39. The summed E-state index contributed by atoms with van der Waals surface area (Å²) in [7, 11) is 0. The van der Waals surface area contributed by atoms with Gasteiger partial charge in [-0.1, -0.05) is 38.1 Å². The van der Waals surface area contributed by atoms with Crippen LogP contribution in [0, 0.1) is 6.92 Å². The Bertz CT molecular complexity index is 465. The highest BCUT2D eigenvalue weighted by molar-refractivity contribution is 5.82.